The van der Waals surface area contributed by atoms with Crippen molar-refractivity contribution < 1.29 is 22.6 Å². The van der Waals surface area contributed by atoms with E-state index in [1.54, 1.807) is 24.3 Å². The third kappa shape index (κ3) is 3.18. The highest BCUT2D eigenvalue weighted by atomic mass is 32.2. The van der Waals surface area contributed by atoms with Crippen molar-refractivity contribution in [3.8, 4) is 0 Å². The van der Waals surface area contributed by atoms with Crippen LogP contribution < -0.4 is 4.72 Å². The molecule has 2 fully saturated rings. The van der Waals surface area contributed by atoms with E-state index < -0.39 is 22.4 Å². The fraction of sp³-hybridized carbons (Fsp3) is 0.600. The Labute approximate surface area is 130 Å². The first kappa shape index (κ1) is 15.9. The molecule has 2 saturated heterocycles. The number of rotatable bonds is 5. The van der Waals surface area contributed by atoms with Gasteiger partial charge >= 0.3 is 0 Å². The fourth-order valence-corrected chi connectivity index (χ4v) is 4.12. The normalized spacial score (nSPS) is 31.4. The molecule has 2 bridgehead atoms. The summed E-state index contributed by atoms with van der Waals surface area (Å²) in [7, 11) is -3.59. The van der Waals surface area contributed by atoms with Gasteiger partial charge in [0.2, 0.25) is 10.0 Å². The van der Waals surface area contributed by atoms with E-state index in [0.717, 1.165) is 5.56 Å². The van der Waals surface area contributed by atoms with Crippen LogP contribution in [0.5, 0.6) is 0 Å². The monoisotopic (exact) mass is 327 g/mol. The predicted molar refractivity (Wildman–Crippen MR) is 79.9 cm³/mol. The molecule has 0 amide bonds. The number of hydrogen-bond acceptors (Lipinski definition) is 5. The van der Waals surface area contributed by atoms with Crippen molar-refractivity contribution in [1.82, 2.24) is 4.72 Å². The van der Waals surface area contributed by atoms with Crippen molar-refractivity contribution in [3.05, 3.63) is 29.8 Å². The molecule has 3 rings (SSSR count). The summed E-state index contributed by atoms with van der Waals surface area (Å²) in [5, 5.41) is 0. The number of benzene rings is 1. The Kier molecular flexibility index (Phi) is 4.52. The van der Waals surface area contributed by atoms with Crippen LogP contribution in [0.3, 0.4) is 0 Å². The number of nitrogens with one attached hydrogen (secondary N) is 1. The summed E-state index contributed by atoms with van der Waals surface area (Å²) in [6.45, 7) is 4.74. The van der Waals surface area contributed by atoms with E-state index >= 15 is 0 Å². The van der Waals surface area contributed by atoms with Gasteiger partial charge in [0, 0.05) is 6.61 Å². The van der Waals surface area contributed by atoms with E-state index in [0.29, 0.717) is 19.6 Å². The van der Waals surface area contributed by atoms with Crippen LogP contribution in [-0.4, -0.2) is 46.2 Å². The topological polar surface area (TPSA) is 73.9 Å². The molecule has 0 saturated carbocycles. The number of aryl methyl sites for hydroxylation is 1. The molecule has 1 N–H and O–H groups in total. The second-order valence-corrected chi connectivity index (χ2v) is 7.37. The van der Waals surface area contributed by atoms with Crippen molar-refractivity contribution in [2.45, 2.75) is 49.7 Å². The van der Waals surface area contributed by atoms with Gasteiger partial charge in [-0.15, -0.1) is 0 Å². The zero-order chi connectivity index (χ0) is 15.7. The molecule has 122 valence electrons. The zero-order valence-corrected chi connectivity index (χ0v) is 13.5. The van der Waals surface area contributed by atoms with E-state index in [-0.39, 0.29) is 17.0 Å². The number of ether oxygens (including phenoxy) is 3. The lowest BCUT2D eigenvalue weighted by Gasteiger charge is -2.35. The third-order valence-electron chi connectivity index (χ3n) is 3.95. The smallest absolute Gasteiger partial charge is 0.240 e. The summed E-state index contributed by atoms with van der Waals surface area (Å²) in [6, 6.07) is 6.43. The van der Waals surface area contributed by atoms with Gasteiger partial charge in [0.1, 0.15) is 6.10 Å². The van der Waals surface area contributed by atoms with Gasteiger partial charge in [-0.1, -0.05) is 17.7 Å². The maximum absolute atomic E-state index is 12.5. The lowest BCUT2D eigenvalue weighted by molar-refractivity contribution is -0.179. The summed E-state index contributed by atoms with van der Waals surface area (Å²) in [6.07, 6.45) is -0.451. The van der Waals surface area contributed by atoms with Crippen molar-refractivity contribution in [1.29, 1.82) is 0 Å². The Morgan fingerprint density at radius 2 is 2.05 bits per heavy atom. The summed E-state index contributed by atoms with van der Waals surface area (Å²) in [5.74, 6) is 0. The summed E-state index contributed by atoms with van der Waals surface area (Å²) >= 11 is 0. The minimum absolute atomic E-state index is 0.0765. The average Bonchev–Trinajstić information content (AvgIpc) is 2.86. The molecule has 0 aliphatic carbocycles. The molecular weight excluding hydrogens is 306 g/mol. The van der Waals surface area contributed by atoms with Gasteiger partial charge < -0.3 is 14.2 Å². The van der Waals surface area contributed by atoms with Crippen LogP contribution in [0.1, 0.15) is 18.9 Å². The molecular formula is C15H21NO5S. The van der Waals surface area contributed by atoms with E-state index in [4.69, 9.17) is 14.2 Å². The van der Waals surface area contributed by atoms with Crippen molar-refractivity contribution >= 4 is 10.0 Å². The molecule has 2 heterocycles. The SMILES string of the molecule is CCO[C@H]1[C@@H]2OC[C@H](C[C@@H]1NS(=O)(=O)c1ccc(C)cc1)O2. The average molecular weight is 327 g/mol. The Bertz CT molecular complexity index is 615. The number of fused-ring (bicyclic) bond motifs is 2. The van der Waals surface area contributed by atoms with Gasteiger partial charge in [0.25, 0.3) is 0 Å². The number of hydrogen-bond donors (Lipinski definition) is 1. The third-order valence-corrected chi connectivity index (χ3v) is 5.46. The molecule has 2 aliphatic heterocycles. The summed E-state index contributed by atoms with van der Waals surface area (Å²) < 4.78 is 44.7. The van der Waals surface area contributed by atoms with Crippen molar-refractivity contribution in [2.24, 2.45) is 0 Å². The Morgan fingerprint density at radius 3 is 2.73 bits per heavy atom. The highest BCUT2D eigenvalue weighted by Gasteiger charge is 2.46. The highest BCUT2D eigenvalue weighted by molar-refractivity contribution is 7.89. The second-order valence-electron chi connectivity index (χ2n) is 5.66. The molecule has 6 nitrogen and oxygen atoms in total. The van der Waals surface area contributed by atoms with Gasteiger partial charge in [0.05, 0.1) is 23.6 Å². The van der Waals surface area contributed by atoms with Gasteiger partial charge in [-0.2, -0.15) is 0 Å². The second kappa shape index (κ2) is 6.25. The summed E-state index contributed by atoms with van der Waals surface area (Å²) in [4.78, 5) is 0.258. The maximum atomic E-state index is 12.5. The minimum Gasteiger partial charge on any atom is -0.372 e. The molecule has 4 atom stereocenters. The van der Waals surface area contributed by atoms with Gasteiger partial charge in [-0.25, -0.2) is 13.1 Å². The molecule has 0 aromatic heterocycles. The lowest BCUT2D eigenvalue weighted by atomic mass is 10.0. The van der Waals surface area contributed by atoms with Crippen LogP contribution in [0.25, 0.3) is 0 Å². The van der Waals surface area contributed by atoms with Crippen LogP contribution in [0.4, 0.5) is 0 Å². The lowest BCUT2D eigenvalue weighted by Crippen LogP contribution is -2.54. The van der Waals surface area contributed by atoms with E-state index in [1.165, 1.54) is 0 Å². The van der Waals surface area contributed by atoms with Gasteiger partial charge in [-0.05, 0) is 32.4 Å². The van der Waals surface area contributed by atoms with Crippen LogP contribution >= 0.6 is 0 Å². The molecule has 0 unspecified atom stereocenters. The highest BCUT2D eigenvalue weighted by Crippen LogP contribution is 2.30. The molecule has 1 aromatic carbocycles. The van der Waals surface area contributed by atoms with E-state index in [1.807, 2.05) is 13.8 Å². The van der Waals surface area contributed by atoms with E-state index in [9.17, 15) is 8.42 Å². The molecule has 0 radical (unpaired) electrons. The summed E-state index contributed by atoms with van der Waals surface area (Å²) in [5.41, 5.74) is 1.02. The molecule has 7 heteroatoms. The van der Waals surface area contributed by atoms with Crippen LogP contribution in [0.15, 0.2) is 29.2 Å². The molecule has 22 heavy (non-hydrogen) atoms. The largest absolute Gasteiger partial charge is 0.372 e. The Morgan fingerprint density at radius 1 is 1.32 bits per heavy atom. The van der Waals surface area contributed by atoms with Crippen molar-refractivity contribution in [3.63, 3.8) is 0 Å². The van der Waals surface area contributed by atoms with Gasteiger partial charge in [0.15, 0.2) is 6.29 Å². The van der Waals surface area contributed by atoms with Crippen molar-refractivity contribution in [2.75, 3.05) is 13.2 Å². The maximum Gasteiger partial charge on any atom is 0.240 e. The fourth-order valence-electron chi connectivity index (χ4n) is 2.86. The first-order valence-electron chi connectivity index (χ1n) is 7.47. The van der Waals surface area contributed by atoms with Crippen LogP contribution in [0, 0.1) is 6.92 Å². The van der Waals surface area contributed by atoms with Crippen LogP contribution in [-0.2, 0) is 24.2 Å². The Balaban J connectivity index is 1.79. The minimum atomic E-state index is -3.59. The standard InChI is InChI=1S/C15H21NO5S/c1-3-19-14-13(8-11-9-20-15(14)21-11)16-22(17,18)12-6-4-10(2)5-7-12/h4-7,11,13-16H,3,8-9H2,1-2H3/t11-,13-,14+,15+/m0/s1. The number of sulfonamides is 1. The molecule has 2 aliphatic rings. The molecule has 1 aromatic rings. The zero-order valence-electron chi connectivity index (χ0n) is 12.7. The first-order chi connectivity index (χ1) is 10.5. The van der Waals surface area contributed by atoms with Gasteiger partial charge in [-0.3, -0.25) is 0 Å². The predicted octanol–water partition coefficient (Wildman–Crippen LogP) is 1.19. The molecule has 0 spiro atoms. The first-order valence-corrected chi connectivity index (χ1v) is 8.95. The van der Waals surface area contributed by atoms with Crippen LogP contribution in [0.2, 0.25) is 0 Å². The van der Waals surface area contributed by atoms with E-state index in [2.05, 4.69) is 4.72 Å². The quantitative estimate of drug-likeness (QED) is 0.879. The Hall–Kier alpha value is -0.990.